The van der Waals surface area contributed by atoms with Gasteiger partial charge in [0.2, 0.25) is 0 Å². The van der Waals surface area contributed by atoms with Crippen molar-refractivity contribution in [2.75, 3.05) is 6.61 Å². The van der Waals surface area contributed by atoms with E-state index < -0.39 is 0 Å². The lowest BCUT2D eigenvalue weighted by Gasteiger charge is -1.96. The topological polar surface area (TPSA) is 9.23 Å². The van der Waals surface area contributed by atoms with E-state index in [9.17, 15) is 0 Å². The molecule has 1 radical (unpaired) electrons. The molecule has 0 aromatic carbocycles. The van der Waals surface area contributed by atoms with E-state index in [-0.39, 0.29) is 0 Å². The summed E-state index contributed by atoms with van der Waals surface area (Å²) in [4.78, 5) is 0. The summed E-state index contributed by atoms with van der Waals surface area (Å²) in [6.07, 6.45) is 5.37. The predicted molar refractivity (Wildman–Crippen MR) is 40.0 cm³/mol. The quantitative estimate of drug-likeness (QED) is 0.393. The fraction of sp³-hybridized carbons (Fsp3) is 0.625. The summed E-state index contributed by atoms with van der Waals surface area (Å²) in [6.45, 7) is 8.11. The van der Waals surface area contributed by atoms with E-state index in [1.165, 1.54) is 6.42 Å². The Balaban J connectivity index is 2.66. The van der Waals surface area contributed by atoms with Gasteiger partial charge in [-0.3, -0.25) is 0 Å². The van der Waals surface area contributed by atoms with Gasteiger partial charge in [0, 0.05) is 6.61 Å². The van der Waals surface area contributed by atoms with Crippen molar-refractivity contribution in [2.24, 2.45) is 0 Å². The number of hydrogen-bond acceptors (Lipinski definition) is 1. The molecule has 0 aliphatic heterocycles. The second-order valence-corrected chi connectivity index (χ2v) is 1.89. The third kappa shape index (κ3) is 7.70. The second-order valence-electron chi connectivity index (χ2n) is 1.89. The summed E-state index contributed by atoms with van der Waals surface area (Å²) >= 11 is 0. The van der Waals surface area contributed by atoms with E-state index in [1.54, 1.807) is 6.61 Å². The summed E-state index contributed by atoms with van der Waals surface area (Å²) in [5.41, 5.74) is 0. The highest BCUT2D eigenvalue weighted by Gasteiger charge is 1.84. The molecule has 9 heavy (non-hydrogen) atoms. The van der Waals surface area contributed by atoms with E-state index in [2.05, 4.69) is 6.58 Å². The van der Waals surface area contributed by atoms with Crippen molar-refractivity contribution in [1.29, 1.82) is 0 Å². The third-order valence-electron chi connectivity index (χ3n) is 1.09. The van der Waals surface area contributed by atoms with E-state index in [1.807, 2.05) is 13.0 Å². The fourth-order valence-corrected chi connectivity index (χ4v) is 0.592. The Kier molecular flexibility index (Phi) is 7.44. The van der Waals surface area contributed by atoms with Crippen LogP contribution >= 0.6 is 0 Å². The van der Waals surface area contributed by atoms with Crippen LogP contribution in [-0.2, 0) is 4.74 Å². The van der Waals surface area contributed by atoms with Gasteiger partial charge in [-0.1, -0.05) is 6.08 Å². The number of unbranched alkanes of at least 4 members (excludes halogenated alkanes) is 2. The van der Waals surface area contributed by atoms with Gasteiger partial charge in [0.15, 0.2) is 0 Å². The maximum absolute atomic E-state index is 5.02. The van der Waals surface area contributed by atoms with Gasteiger partial charge in [-0.25, -0.2) is 0 Å². The van der Waals surface area contributed by atoms with Crippen molar-refractivity contribution in [3.63, 3.8) is 0 Å². The van der Waals surface area contributed by atoms with Crippen LogP contribution in [0.25, 0.3) is 0 Å². The Labute approximate surface area is 57.7 Å². The Morgan fingerprint density at radius 2 is 2.22 bits per heavy atom. The summed E-state index contributed by atoms with van der Waals surface area (Å²) < 4.78 is 5.02. The van der Waals surface area contributed by atoms with Gasteiger partial charge >= 0.3 is 0 Å². The average molecular weight is 127 g/mol. The summed E-state index contributed by atoms with van der Waals surface area (Å²) in [5, 5.41) is 0. The number of allylic oxidation sites excluding steroid dienone is 1. The molecule has 0 aliphatic rings. The third-order valence-corrected chi connectivity index (χ3v) is 1.09. The molecule has 0 aromatic heterocycles. The van der Waals surface area contributed by atoms with Crippen molar-refractivity contribution in [3.8, 4) is 0 Å². The Bertz CT molecular complexity index is 59.6. The van der Waals surface area contributed by atoms with Gasteiger partial charge < -0.3 is 4.74 Å². The van der Waals surface area contributed by atoms with Crippen molar-refractivity contribution in [3.05, 3.63) is 19.3 Å². The molecule has 0 atom stereocenters. The van der Waals surface area contributed by atoms with Gasteiger partial charge in [-0.05, 0) is 26.2 Å². The van der Waals surface area contributed by atoms with Gasteiger partial charge in [-0.2, -0.15) is 0 Å². The van der Waals surface area contributed by atoms with E-state index >= 15 is 0 Å². The highest BCUT2D eigenvalue weighted by molar-refractivity contribution is 4.65. The first-order chi connectivity index (χ1) is 4.41. The van der Waals surface area contributed by atoms with Crippen LogP contribution in [0, 0.1) is 6.61 Å². The van der Waals surface area contributed by atoms with Crippen molar-refractivity contribution >= 4 is 0 Å². The fourth-order valence-electron chi connectivity index (χ4n) is 0.592. The van der Waals surface area contributed by atoms with Crippen molar-refractivity contribution < 1.29 is 4.74 Å². The highest BCUT2D eigenvalue weighted by atomic mass is 16.5. The van der Waals surface area contributed by atoms with Crippen LogP contribution in [-0.4, -0.2) is 6.61 Å². The van der Waals surface area contributed by atoms with Crippen LogP contribution in [0.2, 0.25) is 0 Å². The second kappa shape index (κ2) is 7.70. The molecular formula is C8H15O. The van der Waals surface area contributed by atoms with Gasteiger partial charge in [0.05, 0.1) is 6.61 Å². The Morgan fingerprint density at radius 1 is 1.44 bits per heavy atom. The first kappa shape index (κ1) is 8.70. The standard InChI is InChI=1S/C8H15O/c1-3-5-6-7-8-9-4-2/h3-4H,1,5-8H2,2H3. The minimum Gasteiger partial charge on any atom is -0.376 e. The molecule has 0 unspecified atom stereocenters. The molecule has 0 bridgehead atoms. The molecule has 0 rings (SSSR count). The van der Waals surface area contributed by atoms with Crippen LogP contribution in [0.5, 0.6) is 0 Å². The predicted octanol–water partition coefficient (Wildman–Crippen LogP) is 2.54. The van der Waals surface area contributed by atoms with Gasteiger partial charge in [-0.15, -0.1) is 6.58 Å². The molecule has 0 saturated heterocycles. The van der Waals surface area contributed by atoms with Gasteiger partial charge in [0.1, 0.15) is 0 Å². The maximum Gasteiger partial charge on any atom is 0.0805 e. The minimum atomic E-state index is 0.852. The maximum atomic E-state index is 5.02. The number of hydrogen-bond donors (Lipinski definition) is 0. The largest absolute Gasteiger partial charge is 0.376 e. The summed E-state index contributed by atoms with van der Waals surface area (Å²) in [5.74, 6) is 0. The molecule has 0 fully saturated rings. The molecule has 1 heteroatoms. The first-order valence-corrected chi connectivity index (χ1v) is 3.42. The molecule has 0 amide bonds. The van der Waals surface area contributed by atoms with Crippen LogP contribution in [0.4, 0.5) is 0 Å². The Morgan fingerprint density at radius 3 is 2.78 bits per heavy atom. The zero-order valence-electron chi connectivity index (χ0n) is 6.10. The lowest BCUT2D eigenvalue weighted by molar-refractivity contribution is 0.199. The van der Waals surface area contributed by atoms with E-state index in [0.29, 0.717) is 0 Å². The summed E-state index contributed by atoms with van der Waals surface area (Å²) in [7, 11) is 0. The van der Waals surface area contributed by atoms with E-state index in [0.717, 1.165) is 19.4 Å². The van der Waals surface area contributed by atoms with Crippen LogP contribution < -0.4 is 0 Å². The molecular weight excluding hydrogens is 112 g/mol. The molecule has 0 aliphatic carbocycles. The molecule has 0 heterocycles. The lowest BCUT2D eigenvalue weighted by Crippen LogP contribution is -1.88. The summed E-state index contributed by atoms with van der Waals surface area (Å²) in [6, 6.07) is 0. The first-order valence-electron chi connectivity index (χ1n) is 3.42. The van der Waals surface area contributed by atoms with Crippen LogP contribution in [0.1, 0.15) is 26.2 Å². The number of ether oxygens (including phenoxy) is 1. The highest BCUT2D eigenvalue weighted by Crippen LogP contribution is 1.95. The molecule has 1 nitrogen and oxygen atoms in total. The monoisotopic (exact) mass is 127 g/mol. The molecule has 0 N–H and O–H groups in total. The lowest BCUT2D eigenvalue weighted by atomic mass is 10.2. The molecule has 0 saturated carbocycles. The molecule has 0 aromatic rings. The SMILES string of the molecule is C=CCCCCO[CH]C. The number of rotatable bonds is 6. The van der Waals surface area contributed by atoms with Crippen molar-refractivity contribution in [1.82, 2.24) is 0 Å². The van der Waals surface area contributed by atoms with Crippen LogP contribution in [0.3, 0.4) is 0 Å². The van der Waals surface area contributed by atoms with Crippen molar-refractivity contribution in [2.45, 2.75) is 26.2 Å². The van der Waals surface area contributed by atoms with Gasteiger partial charge in [0.25, 0.3) is 0 Å². The van der Waals surface area contributed by atoms with Crippen LogP contribution in [0.15, 0.2) is 12.7 Å². The Hall–Kier alpha value is -0.300. The zero-order chi connectivity index (χ0) is 6.95. The zero-order valence-corrected chi connectivity index (χ0v) is 6.10. The van der Waals surface area contributed by atoms with E-state index in [4.69, 9.17) is 4.74 Å². The molecule has 0 spiro atoms. The normalized spacial score (nSPS) is 9.44. The molecule has 53 valence electrons. The average Bonchev–Trinajstić information content (AvgIpc) is 1.89. The smallest absolute Gasteiger partial charge is 0.0805 e. The minimum absolute atomic E-state index is 0.852.